The summed E-state index contributed by atoms with van der Waals surface area (Å²) in [6.45, 7) is 7.12. The van der Waals surface area contributed by atoms with E-state index in [2.05, 4.69) is 5.32 Å². The number of rotatable bonds is 5. The Hall–Kier alpha value is -1.34. The second kappa shape index (κ2) is 8.16. The second-order valence-corrected chi connectivity index (χ2v) is 7.22. The van der Waals surface area contributed by atoms with Crippen LogP contribution in [0.15, 0.2) is 0 Å². The third-order valence-corrected chi connectivity index (χ3v) is 4.77. The van der Waals surface area contributed by atoms with Gasteiger partial charge in [0.1, 0.15) is 5.54 Å². The number of hydrogen-bond acceptors (Lipinski definition) is 4. The summed E-state index contributed by atoms with van der Waals surface area (Å²) >= 11 is 0. The maximum Gasteiger partial charge on any atom is 0.325 e. The number of likely N-dealkylation sites (tertiary alicyclic amines) is 1. The Morgan fingerprint density at radius 1 is 1.42 bits per heavy atom. The first kappa shape index (κ1) is 20.7. The summed E-state index contributed by atoms with van der Waals surface area (Å²) in [5, 5.41) is 2.64. The van der Waals surface area contributed by atoms with Crippen LogP contribution < -0.4 is 11.1 Å². The van der Waals surface area contributed by atoms with E-state index in [0.717, 1.165) is 19.4 Å². The Kier molecular flexibility index (Phi) is 7.04. The zero-order valence-corrected chi connectivity index (χ0v) is 15.5. The minimum absolute atomic E-state index is 0. The SMILES string of the molecule is CC(N)C1CCCN(C(=O)CCCN2C(=O)NC(C)(C)C2=O)C1.Cl. The van der Waals surface area contributed by atoms with Crippen LogP contribution >= 0.6 is 12.4 Å². The Bertz CT molecular complexity index is 496. The first-order valence-corrected chi connectivity index (χ1v) is 8.40. The van der Waals surface area contributed by atoms with Crippen molar-refractivity contribution in [2.45, 2.75) is 58.0 Å². The zero-order valence-electron chi connectivity index (χ0n) is 14.7. The average Bonchev–Trinajstić information content (AvgIpc) is 2.68. The van der Waals surface area contributed by atoms with Gasteiger partial charge in [-0.25, -0.2) is 4.79 Å². The number of hydrogen-bond donors (Lipinski definition) is 2. The summed E-state index contributed by atoms with van der Waals surface area (Å²) in [6, 6.07) is -0.277. The van der Waals surface area contributed by atoms with E-state index in [1.165, 1.54) is 4.90 Å². The first-order chi connectivity index (χ1) is 10.7. The van der Waals surface area contributed by atoms with Crippen LogP contribution in [0.4, 0.5) is 4.79 Å². The number of nitrogens with zero attached hydrogens (tertiary/aromatic N) is 2. The predicted molar refractivity (Wildman–Crippen MR) is 93.8 cm³/mol. The van der Waals surface area contributed by atoms with Gasteiger partial charge in [-0.15, -0.1) is 12.4 Å². The van der Waals surface area contributed by atoms with Gasteiger partial charge in [-0.1, -0.05) is 0 Å². The third kappa shape index (κ3) is 4.60. The number of halogens is 1. The fraction of sp³-hybridized carbons (Fsp3) is 0.812. The van der Waals surface area contributed by atoms with Crippen molar-refractivity contribution < 1.29 is 14.4 Å². The van der Waals surface area contributed by atoms with Gasteiger partial charge in [0.25, 0.3) is 5.91 Å². The molecule has 8 heteroatoms. The van der Waals surface area contributed by atoms with Crippen molar-refractivity contribution in [1.29, 1.82) is 0 Å². The van der Waals surface area contributed by atoms with Crippen molar-refractivity contribution in [2.24, 2.45) is 11.7 Å². The highest BCUT2D eigenvalue weighted by atomic mass is 35.5. The van der Waals surface area contributed by atoms with E-state index in [0.29, 0.717) is 25.3 Å². The molecule has 0 aliphatic carbocycles. The van der Waals surface area contributed by atoms with E-state index in [4.69, 9.17) is 5.73 Å². The van der Waals surface area contributed by atoms with Crippen LogP contribution in [0.25, 0.3) is 0 Å². The third-order valence-electron chi connectivity index (χ3n) is 4.77. The summed E-state index contributed by atoms with van der Waals surface area (Å²) in [7, 11) is 0. The lowest BCUT2D eigenvalue weighted by molar-refractivity contribution is -0.134. The van der Waals surface area contributed by atoms with Gasteiger partial charge >= 0.3 is 6.03 Å². The molecule has 2 saturated heterocycles. The Balaban J connectivity index is 0.00000288. The number of carbonyl (C=O) groups is 3. The molecule has 2 heterocycles. The molecule has 0 aromatic heterocycles. The van der Waals surface area contributed by atoms with Gasteiger partial charge in [0.2, 0.25) is 5.91 Å². The Morgan fingerprint density at radius 3 is 2.62 bits per heavy atom. The fourth-order valence-corrected chi connectivity index (χ4v) is 3.23. The zero-order chi connectivity index (χ0) is 17.2. The molecular formula is C16H29ClN4O3. The van der Waals surface area contributed by atoms with Gasteiger partial charge in [-0.05, 0) is 46.0 Å². The standard InChI is InChI=1S/C16H28N4O3.ClH/c1-11(17)12-6-4-8-19(10-12)13(21)7-5-9-20-14(22)16(2,3)18-15(20)23;/h11-12H,4-10,17H2,1-3H3,(H,18,23);1H. The van der Waals surface area contributed by atoms with Crippen molar-refractivity contribution in [3.63, 3.8) is 0 Å². The summed E-state index contributed by atoms with van der Waals surface area (Å²) < 4.78 is 0. The molecule has 0 bridgehead atoms. The largest absolute Gasteiger partial charge is 0.342 e. The topological polar surface area (TPSA) is 95.7 Å². The minimum Gasteiger partial charge on any atom is -0.342 e. The van der Waals surface area contributed by atoms with E-state index in [1.807, 2.05) is 11.8 Å². The van der Waals surface area contributed by atoms with Crippen LogP contribution in [0.5, 0.6) is 0 Å². The van der Waals surface area contributed by atoms with Gasteiger partial charge in [-0.3, -0.25) is 14.5 Å². The molecule has 4 amide bonds. The molecule has 2 aliphatic rings. The van der Waals surface area contributed by atoms with Crippen LogP contribution in [0.2, 0.25) is 0 Å². The van der Waals surface area contributed by atoms with E-state index in [1.54, 1.807) is 13.8 Å². The van der Waals surface area contributed by atoms with Crippen LogP contribution in [-0.4, -0.2) is 58.9 Å². The number of nitrogens with one attached hydrogen (secondary N) is 1. The molecule has 7 nitrogen and oxygen atoms in total. The Morgan fingerprint density at radius 2 is 2.08 bits per heavy atom. The van der Waals surface area contributed by atoms with Crippen LogP contribution in [0.3, 0.4) is 0 Å². The lowest BCUT2D eigenvalue weighted by Gasteiger charge is -2.34. The highest BCUT2D eigenvalue weighted by Crippen LogP contribution is 2.20. The molecule has 2 atom stereocenters. The van der Waals surface area contributed by atoms with Crippen LogP contribution in [0, 0.1) is 5.92 Å². The van der Waals surface area contributed by atoms with Crippen LogP contribution in [0.1, 0.15) is 46.5 Å². The first-order valence-electron chi connectivity index (χ1n) is 8.40. The van der Waals surface area contributed by atoms with E-state index in [9.17, 15) is 14.4 Å². The number of carbonyl (C=O) groups excluding carboxylic acids is 3. The number of amides is 4. The maximum atomic E-state index is 12.3. The molecule has 0 saturated carbocycles. The summed E-state index contributed by atoms with van der Waals surface area (Å²) in [5.41, 5.74) is 5.09. The quantitative estimate of drug-likeness (QED) is 0.718. The summed E-state index contributed by atoms with van der Waals surface area (Å²) in [5.74, 6) is 0.214. The molecular weight excluding hydrogens is 332 g/mol. The molecule has 2 rings (SSSR count). The fourth-order valence-electron chi connectivity index (χ4n) is 3.23. The molecule has 24 heavy (non-hydrogen) atoms. The Labute approximate surface area is 149 Å². The van der Waals surface area contributed by atoms with Crippen LogP contribution in [-0.2, 0) is 9.59 Å². The molecule has 138 valence electrons. The van der Waals surface area contributed by atoms with Crippen molar-refractivity contribution in [3.8, 4) is 0 Å². The second-order valence-electron chi connectivity index (χ2n) is 7.22. The number of nitrogens with two attached hydrogens (primary N) is 1. The molecule has 2 aliphatic heterocycles. The molecule has 0 radical (unpaired) electrons. The molecule has 2 unspecified atom stereocenters. The average molecular weight is 361 g/mol. The summed E-state index contributed by atoms with van der Waals surface area (Å²) in [6.07, 6.45) is 2.90. The molecule has 2 fully saturated rings. The molecule has 0 spiro atoms. The van der Waals surface area contributed by atoms with E-state index in [-0.39, 0.29) is 42.8 Å². The predicted octanol–water partition coefficient (Wildman–Crippen LogP) is 1.10. The van der Waals surface area contributed by atoms with Crippen molar-refractivity contribution in [2.75, 3.05) is 19.6 Å². The molecule has 0 aromatic carbocycles. The molecule has 3 N–H and O–H groups in total. The van der Waals surface area contributed by atoms with Crippen molar-refractivity contribution in [3.05, 3.63) is 0 Å². The van der Waals surface area contributed by atoms with Crippen molar-refractivity contribution >= 4 is 30.3 Å². The van der Waals surface area contributed by atoms with E-state index < -0.39 is 5.54 Å². The smallest absolute Gasteiger partial charge is 0.325 e. The van der Waals surface area contributed by atoms with Gasteiger partial charge in [0, 0.05) is 32.1 Å². The van der Waals surface area contributed by atoms with E-state index >= 15 is 0 Å². The molecule has 0 aromatic rings. The monoisotopic (exact) mass is 360 g/mol. The van der Waals surface area contributed by atoms with Gasteiger partial charge < -0.3 is 16.0 Å². The van der Waals surface area contributed by atoms with Gasteiger partial charge in [0.15, 0.2) is 0 Å². The number of imide groups is 1. The number of urea groups is 1. The number of piperidine rings is 1. The summed E-state index contributed by atoms with van der Waals surface area (Å²) in [4.78, 5) is 39.2. The van der Waals surface area contributed by atoms with Crippen molar-refractivity contribution in [1.82, 2.24) is 15.1 Å². The normalized spacial score (nSPS) is 24.4. The highest BCUT2D eigenvalue weighted by Gasteiger charge is 2.43. The van der Waals surface area contributed by atoms with Gasteiger partial charge in [-0.2, -0.15) is 0 Å². The lowest BCUT2D eigenvalue weighted by Crippen LogP contribution is -2.45. The minimum atomic E-state index is -0.849. The van der Waals surface area contributed by atoms with Gasteiger partial charge in [0.05, 0.1) is 0 Å². The lowest BCUT2D eigenvalue weighted by atomic mass is 9.92. The maximum absolute atomic E-state index is 12.3. The highest BCUT2D eigenvalue weighted by molar-refractivity contribution is 6.06.